The first-order valence-electron chi connectivity index (χ1n) is 9.81. The normalized spacial score (nSPS) is 16.2. The van der Waals surface area contributed by atoms with E-state index in [1.807, 2.05) is 30.3 Å². The van der Waals surface area contributed by atoms with E-state index in [9.17, 15) is 14.0 Å². The molecule has 2 aromatic carbocycles. The number of carbonyl (C=O) groups is 2. The average molecular weight is 398 g/mol. The Morgan fingerprint density at radius 2 is 1.55 bits per heavy atom. The van der Waals surface area contributed by atoms with Gasteiger partial charge in [0.05, 0.1) is 6.04 Å². The number of likely N-dealkylation sites (N-methyl/N-ethyl adjacent to an activating group) is 1. The van der Waals surface area contributed by atoms with Gasteiger partial charge in [-0.05, 0) is 30.3 Å². The molecule has 3 rings (SSSR count). The highest BCUT2D eigenvalue weighted by molar-refractivity contribution is 6.35. The average Bonchev–Trinajstić information content (AvgIpc) is 2.75. The van der Waals surface area contributed by atoms with Gasteiger partial charge >= 0.3 is 11.8 Å². The fourth-order valence-electron chi connectivity index (χ4n) is 3.40. The second kappa shape index (κ2) is 10.1. The Morgan fingerprint density at radius 3 is 2.21 bits per heavy atom. The standard InChI is InChI=1S/C22H27FN4O2/c1-26-11-13-27(14-12-26)20(18-7-9-19(23)10-8-18)16-25-22(29)21(28)24-15-17-5-3-2-4-6-17/h2-10,20H,11-16H2,1H3,(H,24,28)(H,25,29)/t20-/m1/s1. The first-order valence-corrected chi connectivity index (χ1v) is 9.81. The number of piperazine rings is 1. The first kappa shape index (κ1) is 21.0. The van der Waals surface area contributed by atoms with E-state index < -0.39 is 11.8 Å². The van der Waals surface area contributed by atoms with Gasteiger partial charge in [-0.1, -0.05) is 42.5 Å². The number of rotatable bonds is 6. The van der Waals surface area contributed by atoms with E-state index in [2.05, 4.69) is 27.5 Å². The molecule has 1 aliphatic heterocycles. The summed E-state index contributed by atoms with van der Waals surface area (Å²) in [4.78, 5) is 28.9. The van der Waals surface area contributed by atoms with Gasteiger partial charge in [0.2, 0.25) is 0 Å². The lowest BCUT2D eigenvalue weighted by Crippen LogP contribution is -2.49. The van der Waals surface area contributed by atoms with Gasteiger partial charge in [0.25, 0.3) is 0 Å². The molecule has 7 heteroatoms. The highest BCUT2D eigenvalue weighted by Crippen LogP contribution is 2.22. The van der Waals surface area contributed by atoms with Crippen molar-refractivity contribution in [1.29, 1.82) is 0 Å². The summed E-state index contributed by atoms with van der Waals surface area (Å²) >= 11 is 0. The lowest BCUT2D eigenvalue weighted by molar-refractivity contribution is -0.139. The fraction of sp³-hybridized carbons (Fsp3) is 0.364. The third kappa shape index (κ3) is 6.10. The van der Waals surface area contributed by atoms with Gasteiger partial charge in [-0.25, -0.2) is 4.39 Å². The molecule has 0 saturated carbocycles. The van der Waals surface area contributed by atoms with Crippen molar-refractivity contribution in [2.45, 2.75) is 12.6 Å². The Labute approximate surface area is 170 Å². The van der Waals surface area contributed by atoms with E-state index in [4.69, 9.17) is 0 Å². The predicted molar refractivity (Wildman–Crippen MR) is 110 cm³/mol. The van der Waals surface area contributed by atoms with Crippen LogP contribution in [0.3, 0.4) is 0 Å². The lowest BCUT2D eigenvalue weighted by Gasteiger charge is -2.38. The van der Waals surface area contributed by atoms with Crippen molar-refractivity contribution < 1.29 is 14.0 Å². The Balaban J connectivity index is 1.59. The van der Waals surface area contributed by atoms with Crippen LogP contribution in [0.1, 0.15) is 17.2 Å². The van der Waals surface area contributed by atoms with Crippen LogP contribution in [0.5, 0.6) is 0 Å². The highest BCUT2D eigenvalue weighted by atomic mass is 19.1. The van der Waals surface area contributed by atoms with Crippen LogP contribution in [0.25, 0.3) is 0 Å². The molecule has 29 heavy (non-hydrogen) atoms. The first-order chi connectivity index (χ1) is 14.0. The minimum Gasteiger partial charge on any atom is -0.346 e. The minimum atomic E-state index is -0.665. The summed E-state index contributed by atoms with van der Waals surface area (Å²) in [5.41, 5.74) is 1.84. The number of halogens is 1. The van der Waals surface area contributed by atoms with Crippen LogP contribution < -0.4 is 10.6 Å². The second-order valence-corrected chi connectivity index (χ2v) is 7.28. The Morgan fingerprint density at radius 1 is 0.931 bits per heavy atom. The monoisotopic (exact) mass is 398 g/mol. The van der Waals surface area contributed by atoms with Crippen molar-refractivity contribution in [2.75, 3.05) is 39.8 Å². The number of amides is 2. The summed E-state index contributed by atoms with van der Waals surface area (Å²) in [6.45, 7) is 4.11. The summed E-state index contributed by atoms with van der Waals surface area (Å²) in [6.07, 6.45) is 0. The zero-order valence-electron chi connectivity index (χ0n) is 16.6. The molecule has 1 heterocycles. The van der Waals surface area contributed by atoms with Crippen LogP contribution >= 0.6 is 0 Å². The zero-order valence-corrected chi connectivity index (χ0v) is 16.6. The highest BCUT2D eigenvalue weighted by Gasteiger charge is 2.25. The molecule has 2 amide bonds. The van der Waals surface area contributed by atoms with E-state index in [0.29, 0.717) is 6.54 Å². The maximum Gasteiger partial charge on any atom is 0.309 e. The molecule has 1 aliphatic rings. The number of nitrogens with zero attached hydrogens (tertiary/aromatic N) is 2. The van der Waals surface area contributed by atoms with E-state index in [-0.39, 0.29) is 18.4 Å². The quantitative estimate of drug-likeness (QED) is 0.725. The van der Waals surface area contributed by atoms with Crippen molar-refractivity contribution in [3.63, 3.8) is 0 Å². The van der Waals surface area contributed by atoms with Crippen LogP contribution in [0.15, 0.2) is 54.6 Å². The molecule has 6 nitrogen and oxygen atoms in total. The van der Waals surface area contributed by atoms with E-state index in [1.165, 1.54) is 12.1 Å². The molecule has 2 aromatic rings. The molecule has 154 valence electrons. The summed E-state index contributed by atoms with van der Waals surface area (Å²) in [5, 5.41) is 5.37. The fourth-order valence-corrected chi connectivity index (χ4v) is 3.40. The summed E-state index contributed by atoms with van der Waals surface area (Å²) in [5.74, 6) is -1.62. The van der Waals surface area contributed by atoms with Gasteiger partial charge in [0, 0.05) is 39.3 Å². The Kier molecular flexibility index (Phi) is 7.32. The number of carbonyl (C=O) groups excluding carboxylic acids is 2. The summed E-state index contributed by atoms with van der Waals surface area (Å²) in [6, 6.07) is 15.6. The van der Waals surface area contributed by atoms with Crippen LogP contribution in [0, 0.1) is 5.82 Å². The number of hydrogen-bond donors (Lipinski definition) is 2. The van der Waals surface area contributed by atoms with E-state index in [0.717, 1.165) is 37.3 Å². The molecule has 0 spiro atoms. The largest absolute Gasteiger partial charge is 0.346 e. The third-order valence-corrected chi connectivity index (χ3v) is 5.19. The van der Waals surface area contributed by atoms with Gasteiger partial charge in [-0.3, -0.25) is 14.5 Å². The van der Waals surface area contributed by atoms with Gasteiger partial charge in [-0.15, -0.1) is 0 Å². The number of benzene rings is 2. The van der Waals surface area contributed by atoms with Gasteiger partial charge in [0.1, 0.15) is 5.82 Å². The maximum atomic E-state index is 13.3. The van der Waals surface area contributed by atoms with Crippen LogP contribution in [0.4, 0.5) is 4.39 Å². The molecule has 1 fully saturated rings. The number of hydrogen-bond acceptors (Lipinski definition) is 4. The molecule has 2 N–H and O–H groups in total. The van der Waals surface area contributed by atoms with Gasteiger partial charge in [-0.2, -0.15) is 0 Å². The molecule has 0 unspecified atom stereocenters. The maximum absolute atomic E-state index is 13.3. The SMILES string of the molecule is CN1CCN([C@H](CNC(=O)C(=O)NCc2ccccc2)c2ccc(F)cc2)CC1. The van der Waals surface area contributed by atoms with Crippen molar-refractivity contribution >= 4 is 11.8 Å². The minimum absolute atomic E-state index is 0.116. The summed E-state index contributed by atoms with van der Waals surface area (Å²) < 4.78 is 13.3. The van der Waals surface area contributed by atoms with Gasteiger partial charge in [0.15, 0.2) is 0 Å². The molecule has 1 atom stereocenters. The van der Waals surface area contributed by atoms with Crippen molar-refractivity contribution in [2.24, 2.45) is 0 Å². The van der Waals surface area contributed by atoms with E-state index >= 15 is 0 Å². The molecule has 0 aromatic heterocycles. The van der Waals surface area contributed by atoms with Crippen LogP contribution in [-0.2, 0) is 16.1 Å². The topological polar surface area (TPSA) is 64.7 Å². The Hall–Kier alpha value is -2.77. The third-order valence-electron chi connectivity index (χ3n) is 5.19. The van der Waals surface area contributed by atoms with Crippen molar-refractivity contribution in [3.8, 4) is 0 Å². The van der Waals surface area contributed by atoms with E-state index in [1.54, 1.807) is 12.1 Å². The second-order valence-electron chi connectivity index (χ2n) is 7.28. The smallest absolute Gasteiger partial charge is 0.309 e. The molecule has 1 saturated heterocycles. The zero-order chi connectivity index (χ0) is 20.6. The lowest BCUT2D eigenvalue weighted by atomic mass is 10.0. The van der Waals surface area contributed by atoms with Gasteiger partial charge < -0.3 is 15.5 Å². The number of nitrogens with one attached hydrogen (secondary N) is 2. The molecule has 0 bridgehead atoms. The molecular weight excluding hydrogens is 371 g/mol. The summed E-state index contributed by atoms with van der Waals surface area (Å²) in [7, 11) is 2.07. The van der Waals surface area contributed by atoms with Crippen molar-refractivity contribution in [3.05, 3.63) is 71.5 Å². The molecular formula is C22H27FN4O2. The molecule has 0 radical (unpaired) electrons. The Bertz CT molecular complexity index is 805. The predicted octanol–water partition coefficient (Wildman–Crippen LogP) is 1.55. The van der Waals surface area contributed by atoms with Crippen LogP contribution in [0.2, 0.25) is 0 Å². The van der Waals surface area contributed by atoms with Crippen LogP contribution in [-0.4, -0.2) is 61.4 Å². The van der Waals surface area contributed by atoms with Crippen molar-refractivity contribution in [1.82, 2.24) is 20.4 Å². The molecule has 0 aliphatic carbocycles.